The normalized spacial score (nSPS) is 13.0. The molecule has 1 aromatic carbocycles. The molecule has 1 atom stereocenters. The van der Waals surface area contributed by atoms with Crippen LogP contribution in [0.2, 0.25) is 0 Å². The van der Waals surface area contributed by atoms with Crippen LogP contribution in [0.1, 0.15) is 31.7 Å². The highest BCUT2D eigenvalue weighted by Gasteiger charge is 1.97. The topological polar surface area (TPSA) is 0 Å². The molecule has 0 amide bonds. The fourth-order valence-electron chi connectivity index (χ4n) is 1.78. The van der Waals surface area contributed by atoms with Crippen LogP contribution < -0.4 is 5.30 Å². The van der Waals surface area contributed by atoms with Crippen molar-refractivity contribution in [2.75, 3.05) is 0 Å². The lowest BCUT2D eigenvalue weighted by Gasteiger charge is -2.06. The van der Waals surface area contributed by atoms with E-state index in [2.05, 4.69) is 75.1 Å². The summed E-state index contributed by atoms with van der Waals surface area (Å²) in [5, 5.41) is 2.88. The first-order valence-corrected chi connectivity index (χ1v) is 8.16. The molecule has 0 saturated carbocycles. The van der Waals surface area contributed by atoms with Gasteiger partial charge < -0.3 is 0 Å². The lowest BCUT2D eigenvalue weighted by atomic mass is 10.2. The monoisotopic (exact) mass is 284 g/mol. The molecule has 0 N–H and O–H groups in total. The third-order valence-corrected chi connectivity index (χ3v) is 4.25. The molecule has 0 aliphatic rings. The Hall–Kier alpha value is -1.39. The first kappa shape index (κ1) is 16.7. The Labute approximate surface area is 125 Å². The fourth-order valence-corrected chi connectivity index (χ4v) is 2.95. The molecule has 0 saturated heterocycles. The van der Waals surface area contributed by atoms with Gasteiger partial charge in [-0.15, -0.1) is 6.58 Å². The van der Waals surface area contributed by atoms with Crippen molar-refractivity contribution in [1.29, 1.82) is 0 Å². The Balaban J connectivity index is 2.56. The molecule has 0 bridgehead atoms. The molecule has 0 spiro atoms. The maximum atomic E-state index is 3.86. The van der Waals surface area contributed by atoms with Gasteiger partial charge in [-0.3, -0.25) is 0 Å². The molecule has 0 heterocycles. The SMILES string of the molecule is C=CC/C(=C\C/C=C\C/C=C\C)Pc1ccc(C)cc1. The summed E-state index contributed by atoms with van der Waals surface area (Å²) in [5.41, 5.74) is 1.32. The van der Waals surface area contributed by atoms with E-state index in [1.807, 2.05) is 6.08 Å². The van der Waals surface area contributed by atoms with E-state index in [1.54, 1.807) is 0 Å². The van der Waals surface area contributed by atoms with Gasteiger partial charge in [0, 0.05) is 0 Å². The van der Waals surface area contributed by atoms with Crippen LogP contribution in [0.15, 0.2) is 72.6 Å². The van der Waals surface area contributed by atoms with Gasteiger partial charge in [0.15, 0.2) is 0 Å². The molecule has 106 valence electrons. The Morgan fingerprint density at radius 1 is 1.10 bits per heavy atom. The van der Waals surface area contributed by atoms with Crippen molar-refractivity contribution in [2.45, 2.75) is 33.1 Å². The molecular weight excluding hydrogens is 259 g/mol. The summed E-state index contributed by atoms with van der Waals surface area (Å²) < 4.78 is 0. The van der Waals surface area contributed by atoms with Crippen LogP contribution in [-0.2, 0) is 0 Å². The zero-order chi connectivity index (χ0) is 14.6. The minimum atomic E-state index is 0.753. The number of rotatable bonds is 8. The van der Waals surface area contributed by atoms with E-state index in [9.17, 15) is 0 Å². The van der Waals surface area contributed by atoms with E-state index in [4.69, 9.17) is 0 Å². The number of benzene rings is 1. The first-order valence-electron chi connectivity index (χ1n) is 7.16. The summed E-state index contributed by atoms with van der Waals surface area (Å²) in [7, 11) is 0.753. The Morgan fingerprint density at radius 2 is 1.80 bits per heavy atom. The van der Waals surface area contributed by atoms with Crippen molar-refractivity contribution in [1.82, 2.24) is 0 Å². The largest absolute Gasteiger partial charge is 0.103 e. The Kier molecular flexibility index (Phi) is 8.67. The zero-order valence-electron chi connectivity index (χ0n) is 12.6. The summed E-state index contributed by atoms with van der Waals surface area (Å²) in [5.74, 6) is 0. The second-order valence-corrected chi connectivity index (χ2v) is 6.19. The van der Waals surface area contributed by atoms with Crippen LogP contribution in [-0.4, -0.2) is 0 Å². The average Bonchev–Trinajstić information content (AvgIpc) is 2.45. The van der Waals surface area contributed by atoms with Gasteiger partial charge in [-0.25, -0.2) is 0 Å². The minimum Gasteiger partial charge on any atom is -0.103 e. The van der Waals surface area contributed by atoms with E-state index >= 15 is 0 Å². The second kappa shape index (κ2) is 10.4. The van der Waals surface area contributed by atoms with Gasteiger partial charge in [-0.05, 0) is 43.7 Å². The third-order valence-electron chi connectivity index (χ3n) is 2.90. The molecular formula is C19H25P. The van der Waals surface area contributed by atoms with Crippen molar-refractivity contribution in [3.63, 3.8) is 0 Å². The minimum absolute atomic E-state index is 0.753. The molecule has 1 heteroatoms. The molecule has 0 aromatic heterocycles. The number of allylic oxidation sites excluding steroid dienone is 7. The van der Waals surface area contributed by atoms with Crippen LogP contribution in [0.5, 0.6) is 0 Å². The zero-order valence-corrected chi connectivity index (χ0v) is 13.6. The lowest BCUT2D eigenvalue weighted by molar-refractivity contribution is 1.26. The fraction of sp³-hybridized carbons (Fsp3) is 0.263. The number of hydrogen-bond donors (Lipinski definition) is 0. The maximum Gasteiger partial charge on any atom is -0.00980 e. The van der Waals surface area contributed by atoms with Crippen molar-refractivity contribution >= 4 is 13.9 Å². The van der Waals surface area contributed by atoms with E-state index < -0.39 is 0 Å². The smallest absolute Gasteiger partial charge is 0.00980 e. The van der Waals surface area contributed by atoms with Gasteiger partial charge >= 0.3 is 0 Å². The summed E-state index contributed by atoms with van der Waals surface area (Å²) >= 11 is 0. The predicted octanol–water partition coefficient (Wildman–Crippen LogP) is 5.67. The van der Waals surface area contributed by atoms with Crippen LogP contribution in [0.25, 0.3) is 0 Å². The van der Waals surface area contributed by atoms with Gasteiger partial charge in [0.05, 0.1) is 0 Å². The standard InChI is InChI=1S/C19H25P/c1-4-6-7-8-9-10-12-18(11-5-2)20-19-15-13-17(3)14-16-19/h4-6,8-9,12-16,20H,2,7,10-11H2,1,3H3/b6-4-,9-8-,18-12+. The van der Waals surface area contributed by atoms with E-state index in [1.165, 1.54) is 16.2 Å². The summed E-state index contributed by atoms with van der Waals surface area (Å²) in [6.07, 6.45) is 16.1. The van der Waals surface area contributed by atoms with E-state index in [0.29, 0.717) is 0 Å². The van der Waals surface area contributed by atoms with E-state index in [-0.39, 0.29) is 0 Å². The predicted molar refractivity (Wildman–Crippen MR) is 95.2 cm³/mol. The molecule has 0 fully saturated rings. The highest BCUT2D eigenvalue weighted by Crippen LogP contribution is 2.27. The molecule has 1 aromatic rings. The van der Waals surface area contributed by atoms with Crippen molar-refractivity contribution in [3.05, 3.63) is 78.2 Å². The molecule has 0 aliphatic carbocycles. The summed E-state index contributed by atoms with van der Waals surface area (Å²) in [6, 6.07) is 8.83. The molecule has 0 nitrogen and oxygen atoms in total. The Bertz CT molecular complexity index is 475. The second-order valence-electron chi connectivity index (χ2n) is 4.73. The summed E-state index contributed by atoms with van der Waals surface area (Å²) in [4.78, 5) is 0. The van der Waals surface area contributed by atoms with Crippen molar-refractivity contribution in [2.24, 2.45) is 0 Å². The lowest BCUT2D eigenvalue weighted by Crippen LogP contribution is -1.93. The first-order chi connectivity index (χ1) is 9.76. The van der Waals surface area contributed by atoms with Crippen LogP contribution in [0, 0.1) is 6.92 Å². The molecule has 1 rings (SSSR count). The molecule has 1 unspecified atom stereocenters. The van der Waals surface area contributed by atoms with E-state index in [0.717, 1.165) is 27.8 Å². The number of aryl methyl sites for hydroxylation is 1. The van der Waals surface area contributed by atoms with Crippen molar-refractivity contribution in [3.8, 4) is 0 Å². The molecule has 0 radical (unpaired) electrons. The van der Waals surface area contributed by atoms with Gasteiger partial charge in [0.1, 0.15) is 0 Å². The van der Waals surface area contributed by atoms with Crippen LogP contribution >= 0.6 is 8.58 Å². The van der Waals surface area contributed by atoms with Gasteiger partial charge in [0.2, 0.25) is 0 Å². The van der Waals surface area contributed by atoms with Crippen LogP contribution in [0.3, 0.4) is 0 Å². The molecule has 20 heavy (non-hydrogen) atoms. The Morgan fingerprint density at radius 3 is 2.45 bits per heavy atom. The quantitative estimate of drug-likeness (QED) is 0.426. The third kappa shape index (κ3) is 7.26. The maximum absolute atomic E-state index is 3.86. The average molecular weight is 284 g/mol. The highest BCUT2D eigenvalue weighted by atomic mass is 31.1. The van der Waals surface area contributed by atoms with Crippen LogP contribution in [0.4, 0.5) is 0 Å². The summed E-state index contributed by atoms with van der Waals surface area (Å²) in [6.45, 7) is 8.04. The number of hydrogen-bond acceptors (Lipinski definition) is 0. The van der Waals surface area contributed by atoms with Crippen molar-refractivity contribution < 1.29 is 0 Å². The van der Waals surface area contributed by atoms with Gasteiger partial charge in [-0.2, -0.15) is 0 Å². The van der Waals surface area contributed by atoms with Gasteiger partial charge in [0.25, 0.3) is 0 Å². The van der Waals surface area contributed by atoms with Gasteiger partial charge in [-0.1, -0.05) is 74.9 Å². The highest BCUT2D eigenvalue weighted by molar-refractivity contribution is 7.51. The molecule has 0 aliphatic heterocycles.